The first kappa shape index (κ1) is 15.3. The van der Waals surface area contributed by atoms with Crippen LogP contribution in [0, 0.1) is 0 Å². The van der Waals surface area contributed by atoms with E-state index in [1.165, 1.54) is 36.8 Å². The molecule has 1 aromatic carbocycles. The molecule has 1 aliphatic rings. The number of unbranched alkanes of at least 4 members (excludes halogenated alkanes) is 1. The second-order valence-corrected chi connectivity index (χ2v) is 4.85. The Labute approximate surface area is 117 Å². The van der Waals surface area contributed by atoms with Crippen LogP contribution in [-0.4, -0.2) is 19.7 Å². The Morgan fingerprint density at radius 3 is 2.94 bits per heavy atom. The number of fused-ring (bicyclic) bond motifs is 1. The number of halogens is 1. The van der Waals surface area contributed by atoms with Crippen molar-refractivity contribution in [2.24, 2.45) is 0 Å². The van der Waals surface area contributed by atoms with Gasteiger partial charge in [0.2, 0.25) is 0 Å². The van der Waals surface area contributed by atoms with Crippen LogP contribution < -0.4 is 10.1 Å². The second kappa shape index (κ2) is 7.65. The Morgan fingerprint density at radius 2 is 2.22 bits per heavy atom. The van der Waals surface area contributed by atoms with E-state index in [2.05, 4.69) is 30.4 Å². The lowest BCUT2D eigenvalue weighted by Gasteiger charge is -2.27. The van der Waals surface area contributed by atoms with E-state index in [1.54, 1.807) is 7.11 Å². The number of nitrogens with one attached hydrogen (secondary N) is 1. The van der Waals surface area contributed by atoms with Crippen molar-refractivity contribution < 1.29 is 4.74 Å². The topological polar surface area (TPSA) is 21.3 Å². The van der Waals surface area contributed by atoms with E-state index in [9.17, 15) is 0 Å². The maximum absolute atomic E-state index is 5.46. The maximum atomic E-state index is 5.46. The van der Waals surface area contributed by atoms with E-state index >= 15 is 0 Å². The van der Waals surface area contributed by atoms with Gasteiger partial charge in [-0.2, -0.15) is 0 Å². The summed E-state index contributed by atoms with van der Waals surface area (Å²) in [6.45, 7) is 3.38. The predicted molar refractivity (Wildman–Crippen MR) is 79.0 cm³/mol. The number of rotatable bonds is 5. The standard InChI is InChI=1S/C15H23NO.ClH/c1-3-4-10-16-13-9-8-12-6-5-7-15(17-2)14(12)11-13;/h5-7,13,16H,3-4,8-11H2,1-2H3;1H. The van der Waals surface area contributed by atoms with Gasteiger partial charge in [0.1, 0.15) is 5.75 Å². The molecule has 1 unspecified atom stereocenters. The summed E-state index contributed by atoms with van der Waals surface area (Å²) in [4.78, 5) is 0. The number of hydrogen-bond acceptors (Lipinski definition) is 2. The summed E-state index contributed by atoms with van der Waals surface area (Å²) in [5.41, 5.74) is 2.88. The largest absolute Gasteiger partial charge is 0.496 e. The van der Waals surface area contributed by atoms with Crippen molar-refractivity contribution in [3.05, 3.63) is 29.3 Å². The minimum Gasteiger partial charge on any atom is -0.496 e. The Kier molecular flexibility index (Phi) is 6.51. The zero-order chi connectivity index (χ0) is 12.1. The van der Waals surface area contributed by atoms with Crippen molar-refractivity contribution in [2.45, 2.75) is 45.1 Å². The third-order valence-corrected chi connectivity index (χ3v) is 3.63. The van der Waals surface area contributed by atoms with Gasteiger partial charge in [-0.3, -0.25) is 0 Å². The molecule has 0 fully saturated rings. The zero-order valence-corrected chi connectivity index (χ0v) is 12.2. The predicted octanol–water partition coefficient (Wildman–Crippen LogP) is 3.36. The molecule has 3 heteroatoms. The average Bonchev–Trinajstić information content (AvgIpc) is 2.38. The minimum atomic E-state index is 0. The first-order chi connectivity index (χ1) is 8.35. The highest BCUT2D eigenvalue weighted by Gasteiger charge is 2.20. The molecule has 102 valence electrons. The molecule has 0 saturated heterocycles. The maximum Gasteiger partial charge on any atom is 0.122 e. The summed E-state index contributed by atoms with van der Waals surface area (Å²) in [5.74, 6) is 1.06. The minimum absolute atomic E-state index is 0. The lowest BCUT2D eigenvalue weighted by molar-refractivity contribution is 0.393. The lowest BCUT2D eigenvalue weighted by atomic mass is 9.87. The van der Waals surface area contributed by atoms with E-state index in [0.29, 0.717) is 6.04 Å². The van der Waals surface area contributed by atoms with Crippen LogP contribution in [0.25, 0.3) is 0 Å². The Balaban J connectivity index is 0.00000162. The molecule has 0 heterocycles. The van der Waals surface area contributed by atoms with Crippen molar-refractivity contribution in [3.63, 3.8) is 0 Å². The SMILES string of the molecule is CCCCNC1CCc2cccc(OC)c2C1.Cl. The molecule has 1 atom stereocenters. The number of benzene rings is 1. The molecular weight excluding hydrogens is 246 g/mol. The van der Waals surface area contributed by atoms with Gasteiger partial charge in [0.25, 0.3) is 0 Å². The van der Waals surface area contributed by atoms with Gasteiger partial charge in [-0.1, -0.05) is 25.5 Å². The molecular formula is C15H24ClNO. The van der Waals surface area contributed by atoms with Crippen LogP contribution in [-0.2, 0) is 12.8 Å². The van der Waals surface area contributed by atoms with Crippen LogP contribution in [0.2, 0.25) is 0 Å². The Morgan fingerprint density at radius 1 is 1.39 bits per heavy atom. The third kappa shape index (κ3) is 3.63. The third-order valence-electron chi connectivity index (χ3n) is 3.63. The summed E-state index contributed by atoms with van der Waals surface area (Å²) in [7, 11) is 1.77. The van der Waals surface area contributed by atoms with Crippen LogP contribution in [0.5, 0.6) is 5.75 Å². The van der Waals surface area contributed by atoms with Crippen LogP contribution in [0.3, 0.4) is 0 Å². The summed E-state index contributed by atoms with van der Waals surface area (Å²) < 4.78 is 5.46. The fourth-order valence-electron chi connectivity index (χ4n) is 2.60. The van der Waals surface area contributed by atoms with Crippen LogP contribution in [0.15, 0.2) is 18.2 Å². The highest BCUT2D eigenvalue weighted by Crippen LogP contribution is 2.29. The Hall–Kier alpha value is -0.730. The van der Waals surface area contributed by atoms with Crippen molar-refractivity contribution >= 4 is 12.4 Å². The molecule has 0 bridgehead atoms. The first-order valence-corrected chi connectivity index (χ1v) is 6.73. The van der Waals surface area contributed by atoms with Gasteiger partial charge < -0.3 is 10.1 Å². The monoisotopic (exact) mass is 269 g/mol. The van der Waals surface area contributed by atoms with Gasteiger partial charge in [0.05, 0.1) is 7.11 Å². The smallest absolute Gasteiger partial charge is 0.122 e. The molecule has 0 radical (unpaired) electrons. The van der Waals surface area contributed by atoms with Gasteiger partial charge in [0.15, 0.2) is 0 Å². The molecule has 0 amide bonds. The molecule has 2 nitrogen and oxygen atoms in total. The second-order valence-electron chi connectivity index (χ2n) is 4.85. The molecule has 1 aliphatic carbocycles. The van der Waals surface area contributed by atoms with Gasteiger partial charge in [-0.25, -0.2) is 0 Å². The molecule has 1 aromatic rings. The van der Waals surface area contributed by atoms with Crippen molar-refractivity contribution in [1.29, 1.82) is 0 Å². The van der Waals surface area contributed by atoms with Crippen LogP contribution >= 0.6 is 12.4 Å². The van der Waals surface area contributed by atoms with Crippen LogP contribution in [0.1, 0.15) is 37.3 Å². The van der Waals surface area contributed by atoms with E-state index in [4.69, 9.17) is 4.74 Å². The normalized spacial score (nSPS) is 17.8. The fourth-order valence-corrected chi connectivity index (χ4v) is 2.60. The highest BCUT2D eigenvalue weighted by molar-refractivity contribution is 5.85. The highest BCUT2D eigenvalue weighted by atomic mass is 35.5. The fraction of sp³-hybridized carbons (Fsp3) is 0.600. The average molecular weight is 270 g/mol. The molecule has 18 heavy (non-hydrogen) atoms. The molecule has 0 saturated carbocycles. The van der Waals surface area contributed by atoms with Crippen molar-refractivity contribution in [2.75, 3.05) is 13.7 Å². The number of methoxy groups -OCH3 is 1. The van der Waals surface area contributed by atoms with Crippen molar-refractivity contribution in [3.8, 4) is 5.75 Å². The van der Waals surface area contributed by atoms with Gasteiger partial charge in [-0.05, 0) is 49.4 Å². The molecule has 0 spiro atoms. The number of hydrogen-bond donors (Lipinski definition) is 1. The quantitative estimate of drug-likeness (QED) is 0.828. The van der Waals surface area contributed by atoms with E-state index < -0.39 is 0 Å². The summed E-state index contributed by atoms with van der Waals surface area (Å²) >= 11 is 0. The molecule has 0 aromatic heterocycles. The molecule has 0 aliphatic heterocycles. The zero-order valence-electron chi connectivity index (χ0n) is 11.4. The summed E-state index contributed by atoms with van der Waals surface area (Å²) in [5, 5.41) is 3.66. The lowest BCUT2D eigenvalue weighted by Crippen LogP contribution is -2.35. The summed E-state index contributed by atoms with van der Waals surface area (Å²) in [6, 6.07) is 7.04. The molecule has 2 rings (SSSR count). The number of ether oxygens (including phenoxy) is 1. The van der Waals surface area contributed by atoms with E-state index in [0.717, 1.165) is 18.7 Å². The van der Waals surface area contributed by atoms with Gasteiger partial charge in [0, 0.05) is 6.04 Å². The number of aryl methyl sites for hydroxylation is 1. The van der Waals surface area contributed by atoms with Gasteiger partial charge in [-0.15, -0.1) is 12.4 Å². The Bertz CT molecular complexity index is 353. The van der Waals surface area contributed by atoms with Crippen molar-refractivity contribution in [1.82, 2.24) is 5.32 Å². The molecule has 1 N–H and O–H groups in total. The van der Waals surface area contributed by atoms with E-state index in [-0.39, 0.29) is 12.4 Å². The van der Waals surface area contributed by atoms with Crippen LogP contribution in [0.4, 0.5) is 0 Å². The first-order valence-electron chi connectivity index (χ1n) is 6.73. The summed E-state index contributed by atoms with van der Waals surface area (Å²) in [6.07, 6.45) is 6.08. The van der Waals surface area contributed by atoms with E-state index in [1.807, 2.05) is 0 Å². The van der Waals surface area contributed by atoms with Gasteiger partial charge >= 0.3 is 0 Å².